The highest BCUT2D eigenvalue weighted by atomic mass is 15.1. The lowest BCUT2D eigenvalue weighted by molar-refractivity contribution is 0.279. The van der Waals surface area contributed by atoms with Crippen molar-refractivity contribution in [3.05, 3.63) is 12.7 Å². The van der Waals surface area contributed by atoms with Crippen molar-refractivity contribution in [2.75, 3.05) is 26.7 Å². The van der Waals surface area contributed by atoms with Crippen molar-refractivity contribution < 1.29 is 0 Å². The number of unbranched alkanes of at least 4 members (excludes halogenated alkanes) is 1. The Bertz CT molecular complexity index is 141. The van der Waals surface area contributed by atoms with E-state index in [4.69, 9.17) is 0 Å². The quantitative estimate of drug-likeness (QED) is 0.442. The summed E-state index contributed by atoms with van der Waals surface area (Å²) in [6, 6.07) is 0.672. The van der Waals surface area contributed by atoms with E-state index >= 15 is 0 Å². The Hall–Kier alpha value is -0.340. The molecular weight excluding hydrogens is 184 g/mol. The molecule has 0 radical (unpaired) electrons. The van der Waals surface area contributed by atoms with Gasteiger partial charge in [0.05, 0.1) is 0 Å². The lowest BCUT2D eigenvalue weighted by atomic mass is 10.1. The van der Waals surface area contributed by atoms with Crippen molar-refractivity contribution in [1.82, 2.24) is 10.2 Å². The van der Waals surface area contributed by atoms with E-state index in [9.17, 15) is 0 Å². The summed E-state index contributed by atoms with van der Waals surface area (Å²) in [4.78, 5) is 2.48. The highest BCUT2D eigenvalue weighted by Crippen LogP contribution is 2.05. The van der Waals surface area contributed by atoms with Gasteiger partial charge < -0.3 is 10.2 Å². The van der Waals surface area contributed by atoms with Crippen LogP contribution in [0.2, 0.25) is 0 Å². The number of hydrogen-bond acceptors (Lipinski definition) is 2. The number of nitrogens with zero attached hydrogens (tertiary/aromatic N) is 1. The van der Waals surface area contributed by atoms with E-state index in [1.807, 2.05) is 6.08 Å². The average molecular weight is 212 g/mol. The van der Waals surface area contributed by atoms with E-state index in [1.165, 1.54) is 38.9 Å². The molecule has 15 heavy (non-hydrogen) atoms. The molecule has 0 aliphatic carbocycles. The highest BCUT2D eigenvalue weighted by molar-refractivity contribution is 4.71. The highest BCUT2D eigenvalue weighted by Gasteiger charge is 2.07. The summed E-state index contributed by atoms with van der Waals surface area (Å²) in [6.07, 6.45) is 6.94. The predicted octanol–water partition coefficient (Wildman–Crippen LogP) is 2.66. The zero-order chi connectivity index (χ0) is 11.5. The molecule has 1 atom stereocenters. The molecule has 1 unspecified atom stereocenters. The SMILES string of the molecule is C=CCCCC(CCN(CC)CC)NC. The van der Waals surface area contributed by atoms with E-state index in [1.54, 1.807) is 0 Å². The summed E-state index contributed by atoms with van der Waals surface area (Å²) >= 11 is 0. The topological polar surface area (TPSA) is 15.3 Å². The zero-order valence-electron chi connectivity index (χ0n) is 10.8. The van der Waals surface area contributed by atoms with Crippen LogP contribution in [0.1, 0.15) is 39.5 Å². The van der Waals surface area contributed by atoms with Gasteiger partial charge in [-0.15, -0.1) is 6.58 Å². The van der Waals surface area contributed by atoms with Crippen LogP contribution >= 0.6 is 0 Å². The number of hydrogen-bond donors (Lipinski definition) is 1. The molecule has 0 rings (SSSR count). The fourth-order valence-corrected chi connectivity index (χ4v) is 1.82. The van der Waals surface area contributed by atoms with Gasteiger partial charge in [-0.1, -0.05) is 19.9 Å². The van der Waals surface area contributed by atoms with Gasteiger partial charge in [0.1, 0.15) is 0 Å². The molecule has 0 spiro atoms. The third kappa shape index (κ3) is 7.57. The first kappa shape index (κ1) is 14.7. The van der Waals surface area contributed by atoms with E-state index in [2.05, 4.69) is 37.7 Å². The van der Waals surface area contributed by atoms with E-state index in [-0.39, 0.29) is 0 Å². The third-order valence-electron chi connectivity index (χ3n) is 3.06. The van der Waals surface area contributed by atoms with Crippen molar-refractivity contribution in [3.63, 3.8) is 0 Å². The van der Waals surface area contributed by atoms with Crippen LogP contribution in [0.5, 0.6) is 0 Å². The maximum absolute atomic E-state index is 3.76. The molecule has 0 aliphatic rings. The Morgan fingerprint density at radius 2 is 1.93 bits per heavy atom. The molecule has 1 N–H and O–H groups in total. The summed E-state index contributed by atoms with van der Waals surface area (Å²) in [7, 11) is 2.07. The van der Waals surface area contributed by atoms with Crippen LogP contribution in [0.25, 0.3) is 0 Å². The molecule has 0 fully saturated rings. The normalized spacial score (nSPS) is 13.1. The van der Waals surface area contributed by atoms with E-state index in [0.717, 1.165) is 6.42 Å². The van der Waals surface area contributed by atoms with E-state index < -0.39 is 0 Å². The van der Waals surface area contributed by atoms with Crippen molar-refractivity contribution >= 4 is 0 Å². The molecule has 0 saturated heterocycles. The predicted molar refractivity (Wildman–Crippen MR) is 69.3 cm³/mol. The maximum atomic E-state index is 3.76. The van der Waals surface area contributed by atoms with Gasteiger partial charge in [-0.05, 0) is 52.4 Å². The van der Waals surface area contributed by atoms with Crippen LogP contribution in [0.15, 0.2) is 12.7 Å². The average Bonchev–Trinajstić information content (AvgIpc) is 2.28. The Kier molecular flexibility index (Phi) is 9.96. The van der Waals surface area contributed by atoms with Gasteiger partial charge >= 0.3 is 0 Å². The molecule has 0 saturated carbocycles. The van der Waals surface area contributed by atoms with Gasteiger partial charge in [0.15, 0.2) is 0 Å². The first-order valence-corrected chi connectivity index (χ1v) is 6.28. The maximum Gasteiger partial charge on any atom is 0.00763 e. The molecular formula is C13H28N2. The minimum absolute atomic E-state index is 0.672. The van der Waals surface area contributed by atoms with Gasteiger partial charge in [-0.3, -0.25) is 0 Å². The van der Waals surface area contributed by atoms with Crippen molar-refractivity contribution in [2.45, 2.75) is 45.6 Å². The molecule has 0 heterocycles. The molecule has 0 bridgehead atoms. The lowest BCUT2D eigenvalue weighted by Gasteiger charge is -2.22. The second-order valence-electron chi connectivity index (χ2n) is 4.02. The molecule has 2 nitrogen and oxygen atoms in total. The van der Waals surface area contributed by atoms with Crippen LogP contribution in [0, 0.1) is 0 Å². The second-order valence-corrected chi connectivity index (χ2v) is 4.02. The van der Waals surface area contributed by atoms with Crippen LogP contribution in [-0.2, 0) is 0 Å². The molecule has 90 valence electrons. The van der Waals surface area contributed by atoms with Crippen LogP contribution < -0.4 is 5.32 Å². The van der Waals surface area contributed by atoms with Gasteiger partial charge in [-0.25, -0.2) is 0 Å². The van der Waals surface area contributed by atoms with Gasteiger partial charge in [0.2, 0.25) is 0 Å². The molecule has 2 heteroatoms. The first-order chi connectivity index (χ1) is 7.28. The number of allylic oxidation sites excluding steroid dienone is 1. The van der Waals surface area contributed by atoms with Crippen LogP contribution in [0.3, 0.4) is 0 Å². The number of nitrogens with one attached hydrogen (secondary N) is 1. The smallest absolute Gasteiger partial charge is 0.00763 e. The summed E-state index contributed by atoms with van der Waals surface area (Å²) < 4.78 is 0. The van der Waals surface area contributed by atoms with E-state index in [0.29, 0.717) is 6.04 Å². The number of rotatable bonds is 10. The zero-order valence-corrected chi connectivity index (χ0v) is 10.8. The minimum atomic E-state index is 0.672. The fraction of sp³-hybridized carbons (Fsp3) is 0.846. The second kappa shape index (κ2) is 10.2. The lowest BCUT2D eigenvalue weighted by Crippen LogP contribution is -2.32. The van der Waals surface area contributed by atoms with Crippen molar-refractivity contribution in [3.8, 4) is 0 Å². The van der Waals surface area contributed by atoms with Crippen LogP contribution in [-0.4, -0.2) is 37.6 Å². The largest absolute Gasteiger partial charge is 0.317 e. The van der Waals surface area contributed by atoms with Gasteiger partial charge in [-0.2, -0.15) is 0 Å². The third-order valence-corrected chi connectivity index (χ3v) is 3.06. The Balaban J connectivity index is 3.63. The summed E-state index contributed by atoms with van der Waals surface area (Å²) in [5.74, 6) is 0. The monoisotopic (exact) mass is 212 g/mol. The molecule has 0 aromatic heterocycles. The molecule has 0 aromatic rings. The Morgan fingerprint density at radius 3 is 2.40 bits per heavy atom. The first-order valence-electron chi connectivity index (χ1n) is 6.28. The summed E-state index contributed by atoms with van der Waals surface area (Å²) in [5, 5.41) is 3.40. The minimum Gasteiger partial charge on any atom is -0.317 e. The Morgan fingerprint density at radius 1 is 1.27 bits per heavy atom. The van der Waals surface area contributed by atoms with Crippen molar-refractivity contribution in [2.24, 2.45) is 0 Å². The standard InChI is InChI=1S/C13H28N2/c1-5-8-9-10-13(14-4)11-12-15(6-2)7-3/h5,13-14H,1,6-12H2,2-4H3. The fourth-order valence-electron chi connectivity index (χ4n) is 1.82. The van der Waals surface area contributed by atoms with Gasteiger partial charge in [0.25, 0.3) is 0 Å². The Labute approximate surface area is 95.7 Å². The molecule has 0 aliphatic heterocycles. The molecule has 0 aromatic carbocycles. The van der Waals surface area contributed by atoms with Crippen LogP contribution in [0.4, 0.5) is 0 Å². The summed E-state index contributed by atoms with van der Waals surface area (Å²) in [6.45, 7) is 11.8. The summed E-state index contributed by atoms with van der Waals surface area (Å²) in [5.41, 5.74) is 0. The van der Waals surface area contributed by atoms with Gasteiger partial charge in [0, 0.05) is 6.04 Å². The van der Waals surface area contributed by atoms with Crippen molar-refractivity contribution in [1.29, 1.82) is 0 Å². The molecule has 0 amide bonds.